The van der Waals surface area contributed by atoms with Crippen molar-refractivity contribution in [2.24, 2.45) is 5.92 Å². The molecule has 1 aromatic heterocycles. The van der Waals surface area contributed by atoms with Gasteiger partial charge in [-0.05, 0) is 31.2 Å². The number of carbonyl (C=O) groups excluding carboxylic acids is 2. The summed E-state index contributed by atoms with van der Waals surface area (Å²) in [7, 11) is 1.90. The van der Waals surface area contributed by atoms with Gasteiger partial charge in [-0.15, -0.1) is 0 Å². The molecule has 0 unspecified atom stereocenters. The summed E-state index contributed by atoms with van der Waals surface area (Å²) in [6.07, 6.45) is 5.05. The van der Waals surface area contributed by atoms with E-state index in [-0.39, 0.29) is 17.9 Å². The number of nitrogens with one attached hydrogen (secondary N) is 1. The molecular weight excluding hydrogens is 256 g/mol. The Morgan fingerprint density at radius 2 is 2.30 bits per heavy atom. The zero-order chi connectivity index (χ0) is 14.1. The van der Waals surface area contributed by atoms with Crippen LogP contribution in [-0.4, -0.2) is 58.0 Å². The Hall–Kier alpha value is -1.85. The molecule has 6 nitrogen and oxygen atoms in total. The largest absolute Gasteiger partial charge is 0.342 e. The van der Waals surface area contributed by atoms with E-state index in [4.69, 9.17) is 0 Å². The monoisotopic (exact) mass is 276 g/mol. The predicted molar refractivity (Wildman–Crippen MR) is 73.0 cm³/mol. The standard InChI is InChI=1S/C14H20N4O2/c1-17-12-6-8-18(14(20)11-5-7-15-16-11)9-10(12)3-2-4-13(17)19/h5,7,10,12H,2-4,6,8-9H2,1H3,(H,15,16)/t10-,12-/m1/s1. The van der Waals surface area contributed by atoms with Crippen LogP contribution in [0.25, 0.3) is 0 Å². The summed E-state index contributed by atoms with van der Waals surface area (Å²) in [5.74, 6) is 0.650. The molecular formula is C14H20N4O2. The van der Waals surface area contributed by atoms with Crippen molar-refractivity contribution in [1.29, 1.82) is 0 Å². The molecule has 108 valence electrons. The van der Waals surface area contributed by atoms with Crippen LogP contribution in [0.3, 0.4) is 0 Å². The third-order valence-electron chi connectivity index (χ3n) is 4.57. The van der Waals surface area contributed by atoms with Gasteiger partial charge in [0.1, 0.15) is 5.69 Å². The third kappa shape index (κ3) is 2.30. The second-order valence-electron chi connectivity index (χ2n) is 5.73. The Morgan fingerprint density at radius 1 is 1.45 bits per heavy atom. The van der Waals surface area contributed by atoms with E-state index < -0.39 is 0 Å². The van der Waals surface area contributed by atoms with Gasteiger partial charge < -0.3 is 9.80 Å². The lowest BCUT2D eigenvalue weighted by molar-refractivity contribution is -0.132. The quantitative estimate of drug-likeness (QED) is 0.828. The molecule has 3 heterocycles. The number of aromatic amines is 1. The van der Waals surface area contributed by atoms with Crippen LogP contribution in [0.5, 0.6) is 0 Å². The normalized spacial score (nSPS) is 27.1. The molecule has 0 saturated carbocycles. The Morgan fingerprint density at radius 3 is 3.05 bits per heavy atom. The van der Waals surface area contributed by atoms with Gasteiger partial charge in [-0.2, -0.15) is 5.10 Å². The highest BCUT2D eigenvalue weighted by molar-refractivity contribution is 5.92. The van der Waals surface area contributed by atoms with Crippen molar-refractivity contribution in [3.8, 4) is 0 Å². The highest BCUT2D eigenvalue weighted by atomic mass is 16.2. The van der Waals surface area contributed by atoms with Crippen LogP contribution >= 0.6 is 0 Å². The van der Waals surface area contributed by atoms with E-state index in [1.165, 1.54) is 0 Å². The average Bonchev–Trinajstić information content (AvgIpc) is 2.95. The minimum atomic E-state index is 0.0131. The summed E-state index contributed by atoms with van der Waals surface area (Å²) in [6, 6.07) is 1.99. The Labute approximate surface area is 118 Å². The fourth-order valence-electron chi connectivity index (χ4n) is 3.42. The van der Waals surface area contributed by atoms with Gasteiger partial charge in [0.25, 0.3) is 5.91 Å². The molecule has 2 fully saturated rings. The lowest BCUT2D eigenvalue weighted by Crippen LogP contribution is -2.51. The van der Waals surface area contributed by atoms with Crippen molar-refractivity contribution in [3.05, 3.63) is 18.0 Å². The molecule has 0 aromatic carbocycles. The van der Waals surface area contributed by atoms with Crippen LogP contribution < -0.4 is 0 Å². The van der Waals surface area contributed by atoms with Gasteiger partial charge in [-0.25, -0.2) is 0 Å². The molecule has 1 aromatic rings. The van der Waals surface area contributed by atoms with Gasteiger partial charge in [-0.3, -0.25) is 14.7 Å². The number of H-pyrrole nitrogens is 1. The number of aromatic nitrogens is 2. The highest BCUT2D eigenvalue weighted by Crippen LogP contribution is 2.30. The third-order valence-corrected chi connectivity index (χ3v) is 4.57. The van der Waals surface area contributed by atoms with E-state index >= 15 is 0 Å². The second kappa shape index (κ2) is 5.26. The van der Waals surface area contributed by atoms with Crippen molar-refractivity contribution < 1.29 is 9.59 Å². The summed E-state index contributed by atoms with van der Waals surface area (Å²) in [4.78, 5) is 28.0. The van der Waals surface area contributed by atoms with E-state index in [1.807, 2.05) is 16.8 Å². The minimum Gasteiger partial charge on any atom is -0.342 e. The predicted octanol–water partition coefficient (Wildman–Crippen LogP) is 0.883. The number of likely N-dealkylation sites (tertiary alicyclic amines) is 2. The number of carbonyl (C=O) groups is 2. The Kier molecular flexibility index (Phi) is 3.46. The zero-order valence-electron chi connectivity index (χ0n) is 11.7. The van der Waals surface area contributed by atoms with Gasteiger partial charge in [0.15, 0.2) is 0 Å². The fraction of sp³-hybridized carbons (Fsp3) is 0.643. The topological polar surface area (TPSA) is 69.3 Å². The van der Waals surface area contributed by atoms with Crippen LogP contribution in [0.4, 0.5) is 0 Å². The molecule has 1 N–H and O–H groups in total. The summed E-state index contributed by atoms with van der Waals surface area (Å²) in [6.45, 7) is 1.44. The van der Waals surface area contributed by atoms with Crippen LogP contribution in [0.1, 0.15) is 36.2 Å². The maximum Gasteiger partial charge on any atom is 0.271 e. The Bertz CT molecular complexity index is 499. The van der Waals surface area contributed by atoms with Gasteiger partial charge in [-0.1, -0.05) is 0 Å². The first-order valence-electron chi connectivity index (χ1n) is 7.21. The van der Waals surface area contributed by atoms with E-state index in [2.05, 4.69) is 10.2 Å². The maximum atomic E-state index is 12.3. The average molecular weight is 276 g/mol. The summed E-state index contributed by atoms with van der Waals surface area (Å²) >= 11 is 0. The molecule has 6 heteroatoms. The summed E-state index contributed by atoms with van der Waals surface area (Å²) < 4.78 is 0. The lowest BCUT2D eigenvalue weighted by Gasteiger charge is -2.41. The number of nitrogens with zero attached hydrogens (tertiary/aromatic N) is 3. The molecule has 0 radical (unpaired) electrons. The van der Waals surface area contributed by atoms with Crippen molar-refractivity contribution in [3.63, 3.8) is 0 Å². The van der Waals surface area contributed by atoms with E-state index in [9.17, 15) is 9.59 Å². The molecule has 2 amide bonds. The Balaban J connectivity index is 1.72. The van der Waals surface area contributed by atoms with Crippen LogP contribution in [0.15, 0.2) is 12.3 Å². The van der Waals surface area contributed by atoms with Gasteiger partial charge in [0, 0.05) is 38.8 Å². The first-order valence-corrected chi connectivity index (χ1v) is 7.21. The maximum absolute atomic E-state index is 12.3. The molecule has 3 rings (SSSR count). The molecule has 2 saturated heterocycles. The molecule has 0 bridgehead atoms. The number of hydrogen-bond donors (Lipinski definition) is 1. The van der Waals surface area contributed by atoms with Crippen molar-refractivity contribution >= 4 is 11.8 Å². The number of piperidine rings is 1. The lowest BCUT2D eigenvalue weighted by atomic mass is 9.88. The van der Waals surface area contributed by atoms with Gasteiger partial charge in [0.2, 0.25) is 5.91 Å². The minimum absolute atomic E-state index is 0.0131. The van der Waals surface area contributed by atoms with Gasteiger partial charge in [0.05, 0.1) is 0 Å². The first-order chi connectivity index (χ1) is 9.66. The van der Waals surface area contributed by atoms with Crippen LogP contribution in [-0.2, 0) is 4.79 Å². The van der Waals surface area contributed by atoms with E-state index in [1.54, 1.807) is 12.3 Å². The number of amides is 2. The van der Waals surface area contributed by atoms with Crippen molar-refractivity contribution in [1.82, 2.24) is 20.0 Å². The SMILES string of the molecule is CN1C(=O)CCC[C@@H]2CN(C(=O)c3ccn[nH]3)CC[C@H]21. The van der Waals surface area contributed by atoms with E-state index in [0.29, 0.717) is 24.6 Å². The molecule has 2 aliphatic heterocycles. The number of rotatable bonds is 1. The highest BCUT2D eigenvalue weighted by Gasteiger charge is 2.37. The molecule has 0 aliphatic carbocycles. The zero-order valence-corrected chi connectivity index (χ0v) is 11.7. The number of hydrogen-bond acceptors (Lipinski definition) is 3. The number of fused-ring (bicyclic) bond motifs is 1. The fourth-order valence-corrected chi connectivity index (χ4v) is 3.42. The van der Waals surface area contributed by atoms with Crippen molar-refractivity contribution in [2.45, 2.75) is 31.7 Å². The van der Waals surface area contributed by atoms with Crippen LogP contribution in [0.2, 0.25) is 0 Å². The molecule has 2 aliphatic rings. The summed E-state index contributed by atoms with van der Waals surface area (Å²) in [5.41, 5.74) is 0.543. The second-order valence-corrected chi connectivity index (χ2v) is 5.73. The summed E-state index contributed by atoms with van der Waals surface area (Å²) in [5, 5.41) is 6.56. The molecule has 0 spiro atoms. The smallest absolute Gasteiger partial charge is 0.271 e. The van der Waals surface area contributed by atoms with E-state index in [0.717, 1.165) is 25.8 Å². The van der Waals surface area contributed by atoms with Crippen molar-refractivity contribution in [2.75, 3.05) is 20.1 Å². The first kappa shape index (κ1) is 13.1. The molecule has 20 heavy (non-hydrogen) atoms. The molecule has 2 atom stereocenters. The van der Waals surface area contributed by atoms with Gasteiger partial charge >= 0.3 is 0 Å². The van der Waals surface area contributed by atoms with Crippen LogP contribution in [0, 0.1) is 5.92 Å².